The third-order valence-corrected chi connectivity index (χ3v) is 3.20. The van der Waals surface area contributed by atoms with Gasteiger partial charge in [0.1, 0.15) is 0 Å². The maximum Gasteiger partial charge on any atom is 0.411 e. The predicted octanol–water partition coefficient (Wildman–Crippen LogP) is 3.69. The minimum absolute atomic E-state index is 0.0921. The van der Waals surface area contributed by atoms with Gasteiger partial charge < -0.3 is 0 Å². The number of benzene rings is 1. The fraction of sp³-hybridized carbons (Fsp3) is 0.500. The van der Waals surface area contributed by atoms with Crippen molar-refractivity contribution in [2.75, 3.05) is 0 Å². The smallest absolute Gasteiger partial charge is 0.275 e. The second kappa shape index (κ2) is 4.88. The number of hydrogen-bond donors (Lipinski definition) is 0. The molecular formula is C12H18F2Si. The van der Waals surface area contributed by atoms with Crippen molar-refractivity contribution in [2.24, 2.45) is 0 Å². The monoisotopic (exact) mass is 228 g/mol. The van der Waals surface area contributed by atoms with Crippen LogP contribution in [0.3, 0.4) is 0 Å². The first-order chi connectivity index (χ1) is 6.89. The van der Waals surface area contributed by atoms with Gasteiger partial charge in [0.05, 0.1) is 0 Å². The summed E-state index contributed by atoms with van der Waals surface area (Å²) < 4.78 is 24.3. The first-order valence-electron chi connectivity index (χ1n) is 5.27. The maximum absolute atomic E-state index is 12.1. The van der Waals surface area contributed by atoms with E-state index in [4.69, 9.17) is 0 Å². The Bertz CT molecular complexity index is 298. The Labute approximate surface area is 92.3 Å². The third kappa shape index (κ3) is 4.12. The first-order valence-corrected chi connectivity index (χ1v) is 6.96. The summed E-state index contributed by atoms with van der Waals surface area (Å²) in [4.78, 5) is 0. The molecular weight excluding hydrogens is 210 g/mol. The van der Waals surface area contributed by atoms with Crippen molar-refractivity contribution in [3.8, 4) is 0 Å². The van der Waals surface area contributed by atoms with Gasteiger partial charge in [-0.05, 0) is 29.0 Å². The molecule has 0 fully saturated rings. The quantitative estimate of drug-likeness (QED) is 0.547. The van der Waals surface area contributed by atoms with Gasteiger partial charge in [0.25, 0.3) is 0 Å². The molecule has 0 spiro atoms. The molecule has 84 valence electrons. The lowest BCUT2D eigenvalue weighted by Crippen LogP contribution is -2.10. The third-order valence-electron chi connectivity index (χ3n) is 2.47. The second-order valence-corrected chi connectivity index (χ2v) is 6.24. The lowest BCUT2D eigenvalue weighted by atomic mass is 9.86. The molecule has 0 nitrogen and oxygen atoms in total. The molecule has 0 aliphatic rings. The topological polar surface area (TPSA) is 0 Å². The van der Waals surface area contributed by atoms with Crippen LogP contribution in [0.5, 0.6) is 0 Å². The maximum atomic E-state index is 12.1. The SMILES string of the molecule is CC(C)(C)c1ccc(CC[SiH](F)F)cc1. The summed E-state index contributed by atoms with van der Waals surface area (Å²) in [5.41, 5.74) is 2.41. The molecule has 0 aliphatic heterocycles. The summed E-state index contributed by atoms with van der Waals surface area (Å²) in [5, 5.41) is 0. The van der Waals surface area contributed by atoms with E-state index in [9.17, 15) is 8.22 Å². The second-order valence-electron chi connectivity index (χ2n) is 4.88. The molecule has 0 saturated heterocycles. The van der Waals surface area contributed by atoms with Crippen LogP contribution >= 0.6 is 0 Å². The Balaban J connectivity index is 2.65. The highest BCUT2D eigenvalue weighted by Gasteiger charge is 2.13. The zero-order valence-corrected chi connectivity index (χ0v) is 10.7. The highest BCUT2D eigenvalue weighted by molar-refractivity contribution is 6.42. The van der Waals surface area contributed by atoms with Crippen LogP contribution in [0.1, 0.15) is 31.9 Å². The van der Waals surface area contributed by atoms with Crippen molar-refractivity contribution in [2.45, 2.75) is 38.7 Å². The van der Waals surface area contributed by atoms with Crippen LogP contribution in [0, 0.1) is 0 Å². The van der Waals surface area contributed by atoms with Gasteiger partial charge in [-0.15, -0.1) is 0 Å². The molecule has 0 radical (unpaired) electrons. The van der Waals surface area contributed by atoms with E-state index in [0.717, 1.165) is 5.56 Å². The molecule has 0 amide bonds. The minimum atomic E-state index is -3.39. The Morgan fingerprint density at radius 2 is 1.60 bits per heavy atom. The molecule has 1 aromatic rings. The molecule has 3 heteroatoms. The molecule has 0 N–H and O–H groups in total. The van der Waals surface area contributed by atoms with Crippen LogP contribution in [-0.4, -0.2) is 9.46 Å². The van der Waals surface area contributed by atoms with Crippen LogP contribution in [0.4, 0.5) is 8.22 Å². The Morgan fingerprint density at radius 3 is 2.00 bits per heavy atom. The lowest BCUT2D eigenvalue weighted by Gasteiger charge is -2.19. The lowest BCUT2D eigenvalue weighted by molar-refractivity contribution is 0.590. The summed E-state index contributed by atoms with van der Waals surface area (Å²) in [6.07, 6.45) is 0.522. The number of aryl methyl sites for hydroxylation is 1. The van der Waals surface area contributed by atoms with Crippen molar-refractivity contribution in [3.05, 3.63) is 35.4 Å². The van der Waals surface area contributed by atoms with Gasteiger partial charge in [-0.25, -0.2) is 0 Å². The van der Waals surface area contributed by atoms with Crippen LogP contribution in [0.25, 0.3) is 0 Å². The Morgan fingerprint density at radius 1 is 1.07 bits per heavy atom. The van der Waals surface area contributed by atoms with E-state index in [-0.39, 0.29) is 11.5 Å². The van der Waals surface area contributed by atoms with E-state index in [1.165, 1.54) is 5.56 Å². The molecule has 0 heterocycles. The normalized spacial score (nSPS) is 12.1. The summed E-state index contributed by atoms with van der Waals surface area (Å²) in [6.45, 7) is 6.44. The number of hydrogen-bond acceptors (Lipinski definition) is 0. The molecule has 0 aliphatic carbocycles. The van der Waals surface area contributed by atoms with Crippen molar-refractivity contribution < 1.29 is 8.22 Å². The number of halogens is 2. The van der Waals surface area contributed by atoms with E-state index in [0.29, 0.717) is 6.42 Å². The van der Waals surface area contributed by atoms with Gasteiger partial charge in [0, 0.05) is 0 Å². The largest absolute Gasteiger partial charge is 0.411 e. The predicted molar refractivity (Wildman–Crippen MR) is 63.0 cm³/mol. The molecule has 0 saturated carbocycles. The number of rotatable bonds is 3. The summed E-state index contributed by atoms with van der Waals surface area (Å²) >= 11 is 0. The van der Waals surface area contributed by atoms with Crippen LogP contribution in [0.2, 0.25) is 6.04 Å². The van der Waals surface area contributed by atoms with E-state index in [1.807, 2.05) is 24.3 Å². The zero-order valence-electron chi connectivity index (χ0n) is 9.56. The van der Waals surface area contributed by atoms with Gasteiger partial charge in [-0.1, -0.05) is 45.0 Å². The van der Waals surface area contributed by atoms with E-state index >= 15 is 0 Å². The first kappa shape index (κ1) is 12.4. The molecule has 15 heavy (non-hydrogen) atoms. The molecule has 0 atom stereocenters. The highest BCUT2D eigenvalue weighted by Crippen LogP contribution is 2.22. The van der Waals surface area contributed by atoms with Crippen molar-refractivity contribution in [1.82, 2.24) is 0 Å². The average molecular weight is 228 g/mol. The molecule has 0 unspecified atom stereocenters. The minimum Gasteiger partial charge on any atom is -0.275 e. The molecule has 1 aromatic carbocycles. The Hall–Kier alpha value is -0.703. The van der Waals surface area contributed by atoms with E-state index in [1.54, 1.807) is 0 Å². The zero-order chi connectivity index (χ0) is 11.5. The van der Waals surface area contributed by atoms with Gasteiger partial charge in [-0.3, -0.25) is 8.22 Å². The van der Waals surface area contributed by atoms with Crippen LogP contribution < -0.4 is 0 Å². The molecule has 0 aromatic heterocycles. The van der Waals surface area contributed by atoms with Crippen LogP contribution in [0.15, 0.2) is 24.3 Å². The summed E-state index contributed by atoms with van der Waals surface area (Å²) in [7, 11) is -3.39. The van der Waals surface area contributed by atoms with E-state index in [2.05, 4.69) is 20.8 Å². The van der Waals surface area contributed by atoms with Crippen molar-refractivity contribution >= 4 is 9.46 Å². The van der Waals surface area contributed by atoms with Gasteiger partial charge in [-0.2, -0.15) is 0 Å². The van der Waals surface area contributed by atoms with Gasteiger partial charge in [0.2, 0.25) is 0 Å². The van der Waals surface area contributed by atoms with Crippen LogP contribution in [-0.2, 0) is 11.8 Å². The van der Waals surface area contributed by atoms with E-state index < -0.39 is 9.46 Å². The highest BCUT2D eigenvalue weighted by atomic mass is 28.4. The molecule has 1 rings (SSSR count). The van der Waals surface area contributed by atoms with Crippen molar-refractivity contribution in [3.63, 3.8) is 0 Å². The van der Waals surface area contributed by atoms with Gasteiger partial charge in [0.15, 0.2) is 0 Å². The van der Waals surface area contributed by atoms with Crippen molar-refractivity contribution in [1.29, 1.82) is 0 Å². The summed E-state index contributed by atoms with van der Waals surface area (Å²) in [6, 6.07) is 8.12. The fourth-order valence-electron chi connectivity index (χ4n) is 1.45. The van der Waals surface area contributed by atoms with Gasteiger partial charge >= 0.3 is 9.46 Å². The summed E-state index contributed by atoms with van der Waals surface area (Å²) in [5.74, 6) is 0. The standard InChI is InChI=1S/C12H18F2Si/c1-12(2,3)11-6-4-10(5-7-11)8-9-15(13)14/h4-7,15H,8-9H2,1-3H3. The Kier molecular flexibility index (Phi) is 4.02. The molecule has 0 bridgehead atoms. The fourth-order valence-corrected chi connectivity index (χ4v) is 2.00. The average Bonchev–Trinajstić information content (AvgIpc) is 2.14.